The summed E-state index contributed by atoms with van der Waals surface area (Å²) >= 11 is 0. The number of hydrogen-bond acceptors (Lipinski definition) is 3. The van der Waals surface area contributed by atoms with Crippen LogP contribution < -0.4 is 5.32 Å². The fraction of sp³-hybridized carbons (Fsp3) is 0.700. The molecule has 0 aromatic rings. The average Bonchev–Trinajstić information content (AvgIpc) is 1.94. The van der Waals surface area contributed by atoms with Gasteiger partial charge in [0.05, 0.1) is 0 Å². The van der Waals surface area contributed by atoms with Crippen molar-refractivity contribution in [3.63, 3.8) is 0 Å². The van der Waals surface area contributed by atoms with Crippen molar-refractivity contribution in [2.24, 2.45) is 0 Å². The molecule has 0 aromatic carbocycles. The molecule has 0 atom stereocenters. The summed E-state index contributed by atoms with van der Waals surface area (Å²) in [6.45, 7) is 10.0. The first-order chi connectivity index (χ1) is 6.31. The van der Waals surface area contributed by atoms with Gasteiger partial charge in [0.2, 0.25) is 0 Å². The van der Waals surface area contributed by atoms with Crippen molar-refractivity contribution in [2.45, 2.75) is 39.2 Å². The Morgan fingerprint density at radius 1 is 1.50 bits per heavy atom. The maximum atomic E-state index is 10.2. The second-order valence-electron chi connectivity index (χ2n) is 4.06. The fourth-order valence-electron chi connectivity index (χ4n) is 0.873. The molecule has 0 unspecified atom stereocenters. The molecule has 0 aromatic heterocycles. The van der Waals surface area contributed by atoms with Gasteiger partial charge >= 0.3 is 5.97 Å². The van der Waals surface area contributed by atoms with E-state index in [1.807, 2.05) is 20.8 Å². The maximum Gasteiger partial charge on any atom is 0.303 e. The largest absolute Gasteiger partial charge is 0.481 e. The van der Waals surface area contributed by atoms with Crippen molar-refractivity contribution in [3.8, 4) is 0 Å². The summed E-state index contributed by atoms with van der Waals surface area (Å²) in [4.78, 5) is 10.2. The van der Waals surface area contributed by atoms with Crippen molar-refractivity contribution >= 4 is 5.97 Å². The Bertz CT molecular complexity index is 206. The van der Waals surface area contributed by atoms with Crippen LogP contribution in [0.4, 0.5) is 0 Å². The number of hydrogen-bond donors (Lipinski definition) is 2. The van der Waals surface area contributed by atoms with Gasteiger partial charge < -0.3 is 15.2 Å². The molecule has 4 nitrogen and oxygen atoms in total. The summed E-state index contributed by atoms with van der Waals surface area (Å²) < 4.78 is 5.39. The van der Waals surface area contributed by atoms with E-state index in [4.69, 9.17) is 9.84 Å². The van der Waals surface area contributed by atoms with Gasteiger partial charge in [0.1, 0.15) is 5.60 Å². The molecule has 0 fully saturated rings. The first-order valence-corrected chi connectivity index (χ1v) is 4.65. The number of carbonyl (C=O) groups is 1. The molecule has 14 heavy (non-hydrogen) atoms. The number of carboxylic acids is 1. The van der Waals surface area contributed by atoms with Gasteiger partial charge in [-0.3, -0.25) is 4.79 Å². The Balaban J connectivity index is 3.50. The van der Waals surface area contributed by atoms with Crippen molar-refractivity contribution in [3.05, 3.63) is 12.5 Å². The van der Waals surface area contributed by atoms with E-state index in [0.717, 1.165) is 0 Å². The number of aliphatic carboxylic acids is 1. The lowest BCUT2D eigenvalue weighted by molar-refractivity contribution is -0.137. The van der Waals surface area contributed by atoms with Crippen LogP contribution in [0.25, 0.3) is 0 Å². The quantitative estimate of drug-likeness (QED) is 0.507. The Hall–Kier alpha value is -1.19. The van der Waals surface area contributed by atoms with Gasteiger partial charge in [-0.15, -0.1) is 0 Å². The minimum absolute atomic E-state index is 0.162. The first kappa shape index (κ1) is 12.8. The molecule has 0 saturated heterocycles. The van der Waals surface area contributed by atoms with Crippen LogP contribution in [0, 0.1) is 0 Å². The molecule has 0 aliphatic heterocycles. The smallest absolute Gasteiger partial charge is 0.303 e. The number of carboxylic acid groups (broad SMARTS) is 1. The Morgan fingerprint density at radius 2 is 2.07 bits per heavy atom. The zero-order valence-electron chi connectivity index (χ0n) is 9.09. The molecule has 2 N–H and O–H groups in total. The highest BCUT2D eigenvalue weighted by atomic mass is 16.5. The summed E-state index contributed by atoms with van der Waals surface area (Å²) in [6.07, 6.45) is 0.734. The van der Waals surface area contributed by atoms with Crippen molar-refractivity contribution in [1.82, 2.24) is 5.32 Å². The van der Waals surface area contributed by atoms with Gasteiger partial charge in [-0.25, -0.2) is 0 Å². The van der Waals surface area contributed by atoms with E-state index in [-0.39, 0.29) is 12.0 Å². The van der Waals surface area contributed by atoms with Crippen LogP contribution >= 0.6 is 0 Å². The average molecular weight is 201 g/mol. The van der Waals surface area contributed by atoms with Crippen LogP contribution in [-0.4, -0.2) is 23.2 Å². The molecule has 0 aliphatic carbocycles. The predicted molar refractivity (Wildman–Crippen MR) is 54.9 cm³/mol. The minimum Gasteiger partial charge on any atom is -0.481 e. The van der Waals surface area contributed by atoms with Gasteiger partial charge in [0, 0.05) is 13.0 Å². The van der Waals surface area contributed by atoms with E-state index in [1.165, 1.54) is 0 Å². The Kier molecular flexibility index (Phi) is 5.05. The zero-order valence-corrected chi connectivity index (χ0v) is 9.09. The number of rotatable bonds is 6. The Labute approximate surface area is 85.0 Å². The van der Waals surface area contributed by atoms with Gasteiger partial charge in [-0.05, 0) is 33.8 Å². The molecular formula is C10H19NO3. The molecule has 0 radical (unpaired) electrons. The molecule has 0 aliphatic rings. The molecule has 82 valence electrons. The SMILES string of the molecule is C=C(NCCCC(=O)O)OC(C)(C)C. The molecule has 0 saturated carbocycles. The van der Waals surface area contributed by atoms with E-state index in [0.29, 0.717) is 18.8 Å². The summed E-state index contributed by atoms with van der Waals surface area (Å²) in [5, 5.41) is 11.3. The molecule has 0 amide bonds. The van der Waals surface area contributed by atoms with Gasteiger partial charge in [0.15, 0.2) is 5.88 Å². The summed E-state index contributed by atoms with van der Waals surface area (Å²) in [7, 11) is 0. The van der Waals surface area contributed by atoms with E-state index < -0.39 is 5.97 Å². The van der Waals surface area contributed by atoms with Crippen molar-refractivity contribution in [1.29, 1.82) is 0 Å². The lowest BCUT2D eigenvalue weighted by Gasteiger charge is -2.23. The normalized spacial score (nSPS) is 10.8. The molecule has 0 spiro atoms. The van der Waals surface area contributed by atoms with E-state index in [9.17, 15) is 4.79 Å². The van der Waals surface area contributed by atoms with Crippen LogP contribution in [-0.2, 0) is 9.53 Å². The predicted octanol–water partition coefficient (Wildman–Crippen LogP) is 1.73. The van der Waals surface area contributed by atoms with Gasteiger partial charge in [0.25, 0.3) is 0 Å². The fourth-order valence-corrected chi connectivity index (χ4v) is 0.873. The molecule has 0 heterocycles. The lowest BCUT2D eigenvalue weighted by atomic mass is 10.2. The second kappa shape index (κ2) is 5.52. The summed E-state index contributed by atoms with van der Waals surface area (Å²) in [5.41, 5.74) is -0.267. The Morgan fingerprint density at radius 3 is 2.50 bits per heavy atom. The van der Waals surface area contributed by atoms with Crippen LogP contribution in [0.3, 0.4) is 0 Å². The third-order valence-corrected chi connectivity index (χ3v) is 1.32. The third kappa shape index (κ3) is 8.90. The van der Waals surface area contributed by atoms with Crippen molar-refractivity contribution < 1.29 is 14.6 Å². The first-order valence-electron chi connectivity index (χ1n) is 4.65. The summed E-state index contributed by atoms with van der Waals surface area (Å²) in [5.74, 6) is -0.294. The highest BCUT2D eigenvalue weighted by molar-refractivity contribution is 5.66. The van der Waals surface area contributed by atoms with Crippen LogP contribution in [0.15, 0.2) is 12.5 Å². The van der Waals surface area contributed by atoms with E-state index >= 15 is 0 Å². The zero-order chi connectivity index (χ0) is 11.2. The van der Waals surface area contributed by atoms with E-state index in [1.54, 1.807) is 0 Å². The summed E-state index contributed by atoms with van der Waals surface area (Å²) in [6, 6.07) is 0. The van der Waals surface area contributed by atoms with Crippen LogP contribution in [0.2, 0.25) is 0 Å². The maximum absolute atomic E-state index is 10.2. The molecule has 0 rings (SSSR count). The van der Waals surface area contributed by atoms with Gasteiger partial charge in [-0.1, -0.05) is 0 Å². The number of nitrogens with one attached hydrogen (secondary N) is 1. The lowest BCUT2D eigenvalue weighted by Crippen LogP contribution is -2.26. The molecule has 4 heteroatoms. The molecule has 0 bridgehead atoms. The highest BCUT2D eigenvalue weighted by Crippen LogP contribution is 2.10. The number of ether oxygens (including phenoxy) is 1. The minimum atomic E-state index is -0.783. The standard InChI is InChI=1S/C10H19NO3/c1-8(14-10(2,3)4)11-7-5-6-9(12)13/h11H,1,5-7H2,2-4H3,(H,12,13). The molecular weight excluding hydrogens is 182 g/mol. The van der Waals surface area contributed by atoms with E-state index in [2.05, 4.69) is 11.9 Å². The van der Waals surface area contributed by atoms with Crippen molar-refractivity contribution in [2.75, 3.05) is 6.54 Å². The highest BCUT2D eigenvalue weighted by Gasteiger charge is 2.11. The monoisotopic (exact) mass is 201 g/mol. The van der Waals surface area contributed by atoms with Gasteiger partial charge in [-0.2, -0.15) is 0 Å². The van der Waals surface area contributed by atoms with Crippen LogP contribution in [0.5, 0.6) is 0 Å². The van der Waals surface area contributed by atoms with Crippen LogP contribution in [0.1, 0.15) is 33.6 Å². The second-order valence-corrected chi connectivity index (χ2v) is 4.06. The topological polar surface area (TPSA) is 58.6 Å². The third-order valence-electron chi connectivity index (χ3n) is 1.32.